The number of hydrogen-bond acceptors (Lipinski definition) is 5. The van der Waals surface area contributed by atoms with Crippen LogP contribution in [0.1, 0.15) is 225 Å². The molecule has 0 heterocycles. The first-order valence-electron chi connectivity index (χ1n) is 27.5. The minimum absolute atomic E-state index is 0.132. The lowest BCUT2D eigenvalue weighted by molar-refractivity contribution is -0.148. The average Bonchev–Trinajstić information content (AvgIpc) is 3.76. The molecule has 63 heavy (non-hydrogen) atoms. The molecule has 0 bridgehead atoms. The minimum atomic E-state index is -0.490. The van der Waals surface area contributed by atoms with Crippen molar-refractivity contribution in [1.82, 2.24) is 0 Å². The van der Waals surface area contributed by atoms with Gasteiger partial charge in [0.2, 0.25) is 0 Å². The molecule has 0 unspecified atom stereocenters. The van der Waals surface area contributed by atoms with Crippen molar-refractivity contribution in [2.75, 3.05) is 6.61 Å². The summed E-state index contributed by atoms with van der Waals surface area (Å²) >= 11 is 0. The molecule has 0 aromatic rings. The quantitative estimate of drug-likeness (QED) is 0.141. The van der Waals surface area contributed by atoms with Gasteiger partial charge in [-0.05, 0) is 254 Å². The molecular formula is C58H104O5. The van der Waals surface area contributed by atoms with Gasteiger partial charge in [0.15, 0.2) is 0 Å². The van der Waals surface area contributed by atoms with E-state index in [2.05, 4.69) is 82.2 Å². The van der Waals surface area contributed by atoms with E-state index >= 15 is 0 Å². The Labute approximate surface area is 389 Å². The molecule has 5 heteroatoms. The zero-order valence-corrected chi connectivity index (χ0v) is 43.5. The highest BCUT2D eigenvalue weighted by atomic mass is 16.3. The Bertz CT molecular complexity index is 1520. The molecule has 7 saturated carbocycles. The summed E-state index contributed by atoms with van der Waals surface area (Å²) in [5.74, 6) is 9.90. The van der Waals surface area contributed by atoms with Gasteiger partial charge in [-0.3, -0.25) is 0 Å². The molecule has 0 aromatic carbocycles. The first-order chi connectivity index (χ1) is 29.4. The van der Waals surface area contributed by atoms with Gasteiger partial charge in [0.25, 0.3) is 0 Å². The third-order valence-electron chi connectivity index (χ3n) is 22.2. The van der Waals surface area contributed by atoms with Gasteiger partial charge >= 0.3 is 0 Å². The van der Waals surface area contributed by atoms with Crippen molar-refractivity contribution in [3.8, 4) is 0 Å². The second-order valence-corrected chi connectivity index (χ2v) is 26.8. The third-order valence-corrected chi connectivity index (χ3v) is 22.2. The van der Waals surface area contributed by atoms with Crippen LogP contribution in [-0.4, -0.2) is 55.5 Å². The highest BCUT2D eigenvalue weighted by Crippen LogP contribution is 2.70. The van der Waals surface area contributed by atoms with Crippen LogP contribution in [0.2, 0.25) is 0 Å². The first-order valence-corrected chi connectivity index (χ1v) is 27.5. The molecule has 5 N–H and O–H groups in total. The van der Waals surface area contributed by atoms with Gasteiger partial charge in [0.05, 0.1) is 23.4 Å². The Kier molecular flexibility index (Phi) is 16.4. The van der Waals surface area contributed by atoms with Crippen molar-refractivity contribution in [3.05, 3.63) is 11.6 Å². The van der Waals surface area contributed by atoms with Crippen LogP contribution in [-0.2, 0) is 0 Å². The number of rotatable bonds is 10. The maximum absolute atomic E-state index is 10.7. The van der Waals surface area contributed by atoms with Crippen LogP contribution in [0.3, 0.4) is 0 Å². The SMILES string of the molecule is CC(C)[C@@H](O)CC[C@@H](C)[C@H]1CC[C@H]2[C@@H]3CC=C4C[C@@](C)(O)CC[C@]4(C)[C@H]3CC[C@]12C.CC(C)[C@@H](O)CC[C@@H](C)[C@H]1CC[C@H]2[C@@H]3CC[C@H]4C[C@@](C)(O)CC[C@]4(C)[C@H]3CC[C@]12C.CCO. The summed E-state index contributed by atoms with van der Waals surface area (Å²) in [6, 6.07) is 0. The Hall–Kier alpha value is -0.460. The van der Waals surface area contributed by atoms with Crippen molar-refractivity contribution in [1.29, 1.82) is 0 Å². The van der Waals surface area contributed by atoms with E-state index in [1.807, 2.05) is 6.92 Å². The van der Waals surface area contributed by atoms with E-state index in [1.165, 1.54) is 96.3 Å². The summed E-state index contributed by atoms with van der Waals surface area (Å²) < 4.78 is 0. The van der Waals surface area contributed by atoms with E-state index in [4.69, 9.17) is 5.11 Å². The highest BCUT2D eigenvalue weighted by Gasteiger charge is 2.62. The summed E-state index contributed by atoms with van der Waals surface area (Å²) in [7, 11) is 0. The van der Waals surface area contributed by atoms with Crippen molar-refractivity contribution in [2.45, 2.75) is 248 Å². The fraction of sp³-hybridized carbons (Fsp3) is 0.966. The van der Waals surface area contributed by atoms with E-state index in [0.29, 0.717) is 33.5 Å². The molecule has 19 atom stereocenters. The van der Waals surface area contributed by atoms with E-state index in [9.17, 15) is 20.4 Å². The van der Waals surface area contributed by atoms with Crippen molar-refractivity contribution < 1.29 is 25.5 Å². The van der Waals surface area contributed by atoms with E-state index in [-0.39, 0.29) is 18.8 Å². The third kappa shape index (κ3) is 10.3. The van der Waals surface area contributed by atoms with Crippen molar-refractivity contribution in [2.24, 2.45) is 98.6 Å². The Morgan fingerprint density at radius 2 is 1.02 bits per heavy atom. The van der Waals surface area contributed by atoms with Crippen molar-refractivity contribution in [3.63, 3.8) is 0 Å². The molecule has 7 fully saturated rings. The van der Waals surface area contributed by atoms with Crippen molar-refractivity contribution >= 4 is 0 Å². The molecular weight excluding hydrogens is 777 g/mol. The number of hydrogen-bond donors (Lipinski definition) is 5. The predicted molar refractivity (Wildman–Crippen MR) is 263 cm³/mol. The average molecular weight is 881 g/mol. The van der Waals surface area contributed by atoms with Gasteiger partial charge in [-0.2, -0.15) is 0 Å². The Morgan fingerprint density at radius 1 is 0.540 bits per heavy atom. The molecule has 366 valence electrons. The summed E-state index contributed by atoms with van der Waals surface area (Å²) in [6.45, 7) is 30.0. The van der Waals surface area contributed by atoms with Gasteiger partial charge in [-0.15, -0.1) is 0 Å². The van der Waals surface area contributed by atoms with Gasteiger partial charge in [-0.1, -0.05) is 80.9 Å². The molecule has 0 saturated heterocycles. The lowest BCUT2D eigenvalue weighted by atomic mass is 9.43. The minimum Gasteiger partial charge on any atom is -0.397 e. The second kappa shape index (κ2) is 19.9. The number of aliphatic hydroxyl groups excluding tert-OH is 3. The zero-order chi connectivity index (χ0) is 46.5. The molecule has 5 nitrogen and oxygen atoms in total. The van der Waals surface area contributed by atoms with Gasteiger partial charge < -0.3 is 25.5 Å². The van der Waals surface area contributed by atoms with Crippen LogP contribution in [0.4, 0.5) is 0 Å². The molecule has 0 radical (unpaired) electrons. The van der Waals surface area contributed by atoms with Crippen LogP contribution < -0.4 is 0 Å². The Balaban J connectivity index is 0.000000198. The molecule has 8 aliphatic rings. The summed E-state index contributed by atoms with van der Waals surface area (Å²) in [6.07, 6.45) is 28.2. The fourth-order valence-corrected chi connectivity index (χ4v) is 18.1. The van der Waals surface area contributed by atoms with E-state index in [0.717, 1.165) is 104 Å². The zero-order valence-electron chi connectivity index (χ0n) is 43.5. The number of fused-ring (bicyclic) bond motifs is 10. The first kappa shape index (κ1) is 51.9. The van der Waals surface area contributed by atoms with E-state index in [1.54, 1.807) is 12.5 Å². The maximum Gasteiger partial charge on any atom is 0.0657 e. The lowest BCUT2D eigenvalue weighted by Gasteiger charge is -2.62. The predicted octanol–water partition coefficient (Wildman–Crippen LogP) is 13.6. The van der Waals surface area contributed by atoms with Crippen LogP contribution in [0, 0.1) is 98.6 Å². The summed E-state index contributed by atoms with van der Waals surface area (Å²) in [4.78, 5) is 0. The van der Waals surface area contributed by atoms with Crippen LogP contribution in [0.15, 0.2) is 11.6 Å². The monoisotopic (exact) mass is 881 g/mol. The highest BCUT2D eigenvalue weighted by molar-refractivity contribution is 5.27. The van der Waals surface area contributed by atoms with Gasteiger partial charge in [0, 0.05) is 6.61 Å². The second-order valence-electron chi connectivity index (χ2n) is 26.8. The smallest absolute Gasteiger partial charge is 0.0657 e. The molecule has 0 aliphatic heterocycles. The largest absolute Gasteiger partial charge is 0.397 e. The normalized spacial score (nSPS) is 47.1. The molecule has 8 rings (SSSR count). The summed E-state index contributed by atoms with van der Waals surface area (Å²) in [5, 5.41) is 49.6. The molecule has 8 aliphatic carbocycles. The van der Waals surface area contributed by atoms with Gasteiger partial charge in [0.1, 0.15) is 0 Å². The topological polar surface area (TPSA) is 101 Å². The van der Waals surface area contributed by atoms with E-state index < -0.39 is 11.2 Å². The van der Waals surface area contributed by atoms with Crippen LogP contribution in [0.5, 0.6) is 0 Å². The number of aliphatic hydroxyl groups is 5. The summed E-state index contributed by atoms with van der Waals surface area (Å²) in [5.41, 5.74) is 2.48. The maximum atomic E-state index is 10.7. The van der Waals surface area contributed by atoms with Crippen LogP contribution in [0.25, 0.3) is 0 Å². The number of allylic oxidation sites excluding steroid dienone is 1. The molecule has 0 spiro atoms. The fourth-order valence-electron chi connectivity index (χ4n) is 18.1. The van der Waals surface area contributed by atoms with Gasteiger partial charge in [-0.25, -0.2) is 0 Å². The molecule has 0 amide bonds. The van der Waals surface area contributed by atoms with Crippen LogP contribution >= 0.6 is 0 Å². The molecule has 0 aromatic heterocycles. The lowest BCUT2D eigenvalue weighted by Crippen LogP contribution is -2.55. The Morgan fingerprint density at radius 3 is 1.54 bits per heavy atom. The standard InChI is InChI=1S/C28H50O2.C28H48O2.C2H6O/c2*1-18(2)25(29)12-7-19(3)22-10-11-23-21-9-8-20-17-26(4,30)15-16-27(20,5)24(21)13-14-28(22,23)6;1-2-3/h18-25,29-30H,7-17H2,1-6H3;8,18-19,21-25,29-30H,7,9-17H2,1-6H3;3H,2H2,1H3/t19-,20+,21+,22-,23+,24+,25+,26+,27+,28-;19-,21+,22-,23+,24+,25+,26+,27+,28-;/m11./s1.